The van der Waals surface area contributed by atoms with Gasteiger partial charge in [0.1, 0.15) is 17.1 Å². The lowest BCUT2D eigenvalue weighted by atomic mass is 10.1. The van der Waals surface area contributed by atoms with E-state index in [4.69, 9.17) is 15.2 Å². The molecule has 1 aromatic heterocycles. The van der Waals surface area contributed by atoms with E-state index in [2.05, 4.69) is 0 Å². The number of esters is 1. The van der Waals surface area contributed by atoms with Crippen molar-refractivity contribution in [3.63, 3.8) is 0 Å². The summed E-state index contributed by atoms with van der Waals surface area (Å²) < 4.78 is 11.7. The largest absolute Gasteiger partial charge is 0.497 e. The first-order valence-corrected chi connectivity index (χ1v) is 7.63. The molecule has 9 nitrogen and oxygen atoms in total. The van der Waals surface area contributed by atoms with Gasteiger partial charge in [0.05, 0.1) is 13.5 Å². The number of rotatable bonds is 6. The number of hydrogen-bond acceptors (Lipinski definition) is 7. The number of carbonyl (C=O) groups excluding carboxylic acids is 2. The molecule has 9 heteroatoms. The number of benzene rings is 1. The zero-order valence-corrected chi connectivity index (χ0v) is 14.6. The fraction of sp³-hybridized carbons (Fsp3) is 0.294. The Balaban J connectivity index is 2.08. The maximum atomic E-state index is 12.2. The summed E-state index contributed by atoms with van der Waals surface area (Å²) in [6, 6.07) is 6.79. The molecule has 26 heavy (non-hydrogen) atoms. The first-order chi connectivity index (χ1) is 12.3. The number of nitrogens with two attached hydrogens (primary N) is 1. The van der Waals surface area contributed by atoms with E-state index in [-0.39, 0.29) is 17.8 Å². The molecule has 2 rings (SSSR count). The molecule has 0 bridgehead atoms. The second-order valence-corrected chi connectivity index (χ2v) is 5.57. The smallest absolute Gasteiger partial charge is 0.332 e. The van der Waals surface area contributed by atoms with Crippen LogP contribution in [0, 0.1) is 0 Å². The molecule has 0 saturated carbocycles. The lowest BCUT2D eigenvalue weighted by Crippen LogP contribution is -2.42. The van der Waals surface area contributed by atoms with Gasteiger partial charge in [0.2, 0.25) is 5.78 Å². The number of carbonyl (C=O) groups is 2. The Kier molecular flexibility index (Phi) is 5.61. The van der Waals surface area contributed by atoms with Gasteiger partial charge >= 0.3 is 11.7 Å². The zero-order chi connectivity index (χ0) is 19.4. The van der Waals surface area contributed by atoms with Crippen LogP contribution in [-0.2, 0) is 30.0 Å². The number of anilines is 1. The van der Waals surface area contributed by atoms with Gasteiger partial charge in [-0.3, -0.25) is 23.5 Å². The average molecular weight is 361 g/mol. The first-order valence-electron chi connectivity index (χ1n) is 7.63. The van der Waals surface area contributed by atoms with Crippen molar-refractivity contribution in [1.82, 2.24) is 9.13 Å². The van der Waals surface area contributed by atoms with E-state index in [1.807, 2.05) is 0 Å². The molecule has 0 radical (unpaired) electrons. The van der Waals surface area contributed by atoms with Gasteiger partial charge in [-0.15, -0.1) is 0 Å². The number of Topliss-reactive ketones (excluding diaryl/α,β-unsaturated/α-hetero) is 1. The Labute approximate surface area is 148 Å². The maximum absolute atomic E-state index is 12.2. The summed E-state index contributed by atoms with van der Waals surface area (Å²) in [7, 11) is 4.10. The van der Waals surface area contributed by atoms with E-state index in [1.54, 1.807) is 24.3 Å². The van der Waals surface area contributed by atoms with Gasteiger partial charge in [-0.1, -0.05) is 12.1 Å². The number of aromatic nitrogens is 2. The number of methoxy groups -OCH3 is 1. The van der Waals surface area contributed by atoms with Crippen LogP contribution in [0.25, 0.3) is 0 Å². The standard InChI is InChI=1S/C17H19N3O6/c1-19-15(18)14(16(23)20(2)17(19)24)12(21)9-26-13(22)8-10-4-6-11(25-3)7-5-10/h4-7H,8-9,18H2,1-3H3. The second kappa shape index (κ2) is 7.68. The molecule has 0 saturated heterocycles. The van der Waals surface area contributed by atoms with Crippen molar-refractivity contribution in [2.45, 2.75) is 6.42 Å². The van der Waals surface area contributed by atoms with Gasteiger partial charge in [0.25, 0.3) is 5.56 Å². The summed E-state index contributed by atoms with van der Waals surface area (Å²) in [4.78, 5) is 48.0. The molecule has 0 amide bonds. The summed E-state index contributed by atoms with van der Waals surface area (Å²) >= 11 is 0. The Hall–Kier alpha value is -3.36. The van der Waals surface area contributed by atoms with Crippen molar-refractivity contribution < 1.29 is 19.1 Å². The molecule has 138 valence electrons. The quantitative estimate of drug-likeness (QED) is 0.551. The Morgan fingerprint density at radius 3 is 2.27 bits per heavy atom. The van der Waals surface area contributed by atoms with Crippen LogP contribution in [0.15, 0.2) is 33.9 Å². The number of ether oxygens (including phenoxy) is 2. The van der Waals surface area contributed by atoms with E-state index < -0.39 is 29.6 Å². The SMILES string of the molecule is COc1ccc(CC(=O)OCC(=O)c2c(N)n(C)c(=O)n(C)c2=O)cc1. The van der Waals surface area contributed by atoms with Gasteiger partial charge in [-0.2, -0.15) is 0 Å². The van der Waals surface area contributed by atoms with Crippen LogP contribution in [0.1, 0.15) is 15.9 Å². The zero-order valence-electron chi connectivity index (χ0n) is 14.6. The molecular formula is C17H19N3O6. The van der Waals surface area contributed by atoms with Crippen LogP contribution >= 0.6 is 0 Å². The van der Waals surface area contributed by atoms with Crippen molar-refractivity contribution in [2.24, 2.45) is 14.1 Å². The van der Waals surface area contributed by atoms with E-state index in [9.17, 15) is 19.2 Å². The molecule has 1 heterocycles. The van der Waals surface area contributed by atoms with Crippen LogP contribution < -0.4 is 21.7 Å². The fourth-order valence-corrected chi connectivity index (χ4v) is 2.30. The molecule has 0 aliphatic rings. The van der Waals surface area contributed by atoms with Crippen molar-refractivity contribution in [3.05, 3.63) is 56.2 Å². The second-order valence-electron chi connectivity index (χ2n) is 5.57. The van der Waals surface area contributed by atoms with Crippen molar-refractivity contribution >= 4 is 17.6 Å². The minimum absolute atomic E-state index is 0.0436. The van der Waals surface area contributed by atoms with E-state index in [0.717, 1.165) is 9.13 Å². The third-order valence-corrected chi connectivity index (χ3v) is 3.86. The molecule has 0 spiro atoms. The summed E-state index contributed by atoms with van der Waals surface area (Å²) in [6.07, 6.45) is -0.0436. The van der Waals surface area contributed by atoms with E-state index in [0.29, 0.717) is 11.3 Å². The van der Waals surface area contributed by atoms with Crippen LogP contribution in [0.2, 0.25) is 0 Å². The Morgan fingerprint density at radius 1 is 1.08 bits per heavy atom. The van der Waals surface area contributed by atoms with Crippen LogP contribution in [0.4, 0.5) is 5.82 Å². The van der Waals surface area contributed by atoms with Gasteiger partial charge in [-0.25, -0.2) is 4.79 Å². The van der Waals surface area contributed by atoms with Crippen molar-refractivity contribution in [2.75, 3.05) is 19.5 Å². The Morgan fingerprint density at radius 2 is 1.69 bits per heavy atom. The molecule has 0 aliphatic carbocycles. The Bertz CT molecular complexity index is 956. The summed E-state index contributed by atoms with van der Waals surface area (Å²) in [6.45, 7) is -0.646. The number of nitrogen functional groups attached to an aromatic ring is 1. The van der Waals surface area contributed by atoms with Gasteiger partial charge in [0, 0.05) is 14.1 Å². The number of hydrogen-bond donors (Lipinski definition) is 1. The molecule has 2 aromatic rings. The van der Waals surface area contributed by atoms with Gasteiger partial charge < -0.3 is 15.2 Å². The van der Waals surface area contributed by atoms with Crippen LogP contribution in [-0.4, -0.2) is 34.6 Å². The lowest BCUT2D eigenvalue weighted by Gasteiger charge is -2.11. The molecule has 0 unspecified atom stereocenters. The van der Waals surface area contributed by atoms with E-state index in [1.165, 1.54) is 21.2 Å². The monoisotopic (exact) mass is 361 g/mol. The highest BCUT2D eigenvalue weighted by molar-refractivity contribution is 6.01. The lowest BCUT2D eigenvalue weighted by molar-refractivity contribution is -0.141. The molecule has 0 aliphatic heterocycles. The molecular weight excluding hydrogens is 342 g/mol. The topological polar surface area (TPSA) is 123 Å². The predicted octanol–water partition coefficient (Wildman–Crippen LogP) is -0.357. The highest BCUT2D eigenvalue weighted by atomic mass is 16.5. The minimum atomic E-state index is -0.832. The average Bonchev–Trinajstić information content (AvgIpc) is 2.64. The highest BCUT2D eigenvalue weighted by Gasteiger charge is 2.21. The van der Waals surface area contributed by atoms with Crippen molar-refractivity contribution in [3.8, 4) is 5.75 Å². The molecule has 0 atom stereocenters. The highest BCUT2D eigenvalue weighted by Crippen LogP contribution is 2.12. The van der Waals surface area contributed by atoms with Gasteiger partial charge in [-0.05, 0) is 17.7 Å². The summed E-state index contributed by atoms with van der Waals surface area (Å²) in [5.41, 5.74) is 4.50. The van der Waals surface area contributed by atoms with Crippen LogP contribution in [0.3, 0.4) is 0 Å². The van der Waals surface area contributed by atoms with Gasteiger partial charge in [0.15, 0.2) is 6.61 Å². The predicted molar refractivity (Wildman–Crippen MR) is 93.3 cm³/mol. The molecule has 2 N–H and O–H groups in total. The van der Waals surface area contributed by atoms with Crippen molar-refractivity contribution in [1.29, 1.82) is 0 Å². The fourth-order valence-electron chi connectivity index (χ4n) is 2.30. The van der Waals surface area contributed by atoms with Crippen LogP contribution in [0.5, 0.6) is 5.75 Å². The normalized spacial score (nSPS) is 10.4. The minimum Gasteiger partial charge on any atom is -0.497 e. The summed E-state index contributed by atoms with van der Waals surface area (Å²) in [5, 5.41) is 0. The first kappa shape index (κ1) is 19.0. The third kappa shape index (κ3) is 3.82. The van der Waals surface area contributed by atoms with E-state index >= 15 is 0 Å². The molecule has 0 fully saturated rings. The number of ketones is 1. The summed E-state index contributed by atoms with van der Waals surface area (Å²) in [5.74, 6) is -1.03. The maximum Gasteiger partial charge on any atom is 0.332 e. The molecule has 1 aromatic carbocycles. The number of nitrogens with zero attached hydrogens (tertiary/aromatic N) is 2. The third-order valence-electron chi connectivity index (χ3n) is 3.86.